The highest BCUT2D eigenvalue weighted by Crippen LogP contribution is 2.51. The minimum atomic E-state index is -2.79. The van der Waals surface area contributed by atoms with Gasteiger partial charge in [0, 0.05) is 22.4 Å². The standard InChI is InChI=1S/C58H45NSi/c1-40-35-45(38-47(36-40)60(46-23-11-6-12-24-46)56-29-17-14-26-51(56)52-27-15-18-30-57(52)60)59(44-32-34-50-49-25-13-16-28-53(49)58(2,3)54(50)39-44)55-37-43(41-19-7-4-8-20-41)31-33-48(55)42-21-9-5-10-22-42/h4-39H,1-3H3. The lowest BCUT2D eigenvalue weighted by molar-refractivity contribution is 0.660. The molecule has 2 heteroatoms. The number of benzene rings is 9. The van der Waals surface area contributed by atoms with Crippen molar-refractivity contribution in [2.45, 2.75) is 26.2 Å². The lowest BCUT2D eigenvalue weighted by atomic mass is 9.82. The molecule has 2 aliphatic rings. The number of hydrogen-bond acceptors (Lipinski definition) is 1. The van der Waals surface area contributed by atoms with Crippen LogP contribution in [0.4, 0.5) is 17.1 Å². The number of fused-ring (bicyclic) bond motifs is 6. The first-order valence-electron chi connectivity index (χ1n) is 21.1. The quantitative estimate of drug-likeness (QED) is 0.146. The molecule has 0 bridgehead atoms. The molecule has 11 rings (SSSR count). The Morgan fingerprint density at radius 2 is 0.917 bits per heavy atom. The molecule has 1 aliphatic heterocycles. The number of aryl methyl sites for hydroxylation is 1. The molecule has 9 aromatic carbocycles. The van der Waals surface area contributed by atoms with Crippen molar-refractivity contribution < 1.29 is 0 Å². The van der Waals surface area contributed by atoms with Gasteiger partial charge < -0.3 is 4.90 Å². The van der Waals surface area contributed by atoms with Crippen molar-refractivity contribution >= 4 is 45.9 Å². The highest BCUT2D eigenvalue weighted by atomic mass is 28.3. The van der Waals surface area contributed by atoms with Crippen LogP contribution in [-0.4, -0.2) is 8.07 Å². The third kappa shape index (κ3) is 5.52. The van der Waals surface area contributed by atoms with Gasteiger partial charge in [0.15, 0.2) is 8.07 Å². The van der Waals surface area contributed by atoms with Crippen LogP contribution in [0.2, 0.25) is 0 Å². The van der Waals surface area contributed by atoms with Gasteiger partial charge in [-0.2, -0.15) is 0 Å². The van der Waals surface area contributed by atoms with Crippen LogP contribution in [0.3, 0.4) is 0 Å². The minimum absolute atomic E-state index is 0.152. The molecule has 0 amide bonds. The number of nitrogens with zero attached hydrogens (tertiary/aromatic N) is 1. The fourth-order valence-corrected chi connectivity index (χ4v) is 15.8. The van der Waals surface area contributed by atoms with Gasteiger partial charge in [0.25, 0.3) is 0 Å². The molecule has 0 saturated heterocycles. The van der Waals surface area contributed by atoms with E-state index < -0.39 is 8.07 Å². The first-order valence-corrected chi connectivity index (χ1v) is 23.1. The van der Waals surface area contributed by atoms with Crippen molar-refractivity contribution in [1.82, 2.24) is 0 Å². The molecule has 0 atom stereocenters. The van der Waals surface area contributed by atoms with Crippen molar-refractivity contribution in [2.24, 2.45) is 0 Å². The Morgan fingerprint density at radius 3 is 1.60 bits per heavy atom. The van der Waals surface area contributed by atoms with E-state index in [9.17, 15) is 0 Å². The van der Waals surface area contributed by atoms with Crippen LogP contribution in [0.5, 0.6) is 0 Å². The molecule has 0 saturated carbocycles. The van der Waals surface area contributed by atoms with Gasteiger partial charge in [-0.05, 0) is 114 Å². The average Bonchev–Trinajstić information content (AvgIpc) is 3.73. The van der Waals surface area contributed by atoms with Crippen molar-refractivity contribution in [3.05, 3.63) is 235 Å². The zero-order valence-corrected chi connectivity index (χ0v) is 35.2. The predicted molar refractivity (Wildman–Crippen MR) is 257 cm³/mol. The molecule has 286 valence electrons. The van der Waals surface area contributed by atoms with Gasteiger partial charge in [0.2, 0.25) is 0 Å². The summed E-state index contributed by atoms with van der Waals surface area (Å²) in [5, 5.41) is 5.70. The fraction of sp³-hybridized carbons (Fsp3) is 0.0690. The summed E-state index contributed by atoms with van der Waals surface area (Å²) >= 11 is 0. The average molecular weight is 784 g/mol. The third-order valence-corrected chi connectivity index (χ3v) is 18.0. The van der Waals surface area contributed by atoms with E-state index in [1.807, 2.05) is 0 Å². The van der Waals surface area contributed by atoms with Crippen LogP contribution in [0, 0.1) is 6.92 Å². The van der Waals surface area contributed by atoms with E-state index in [2.05, 4.69) is 244 Å². The lowest BCUT2D eigenvalue weighted by Gasteiger charge is -2.34. The topological polar surface area (TPSA) is 3.24 Å². The second kappa shape index (κ2) is 14.1. The van der Waals surface area contributed by atoms with E-state index in [4.69, 9.17) is 0 Å². The van der Waals surface area contributed by atoms with Crippen LogP contribution in [-0.2, 0) is 5.41 Å². The van der Waals surface area contributed by atoms with Gasteiger partial charge in [-0.15, -0.1) is 0 Å². The third-order valence-electron chi connectivity index (χ3n) is 13.2. The molecule has 0 spiro atoms. The maximum Gasteiger partial charge on any atom is 0.180 e. The Hall–Kier alpha value is -7.00. The summed E-state index contributed by atoms with van der Waals surface area (Å²) in [6.07, 6.45) is 0. The van der Waals surface area contributed by atoms with Crippen molar-refractivity contribution in [3.8, 4) is 44.5 Å². The second-order valence-corrected chi connectivity index (χ2v) is 20.7. The highest BCUT2D eigenvalue weighted by molar-refractivity contribution is 7.22. The fourth-order valence-electron chi connectivity index (χ4n) is 10.5. The summed E-state index contributed by atoms with van der Waals surface area (Å²) in [6.45, 7) is 7.05. The molecule has 60 heavy (non-hydrogen) atoms. The van der Waals surface area contributed by atoms with Gasteiger partial charge in [-0.3, -0.25) is 0 Å². The Labute approximate surface area is 354 Å². The molecule has 1 aliphatic carbocycles. The van der Waals surface area contributed by atoms with Crippen LogP contribution < -0.4 is 25.6 Å². The Morgan fingerprint density at radius 1 is 0.367 bits per heavy atom. The summed E-state index contributed by atoms with van der Waals surface area (Å²) in [7, 11) is -2.79. The van der Waals surface area contributed by atoms with Gasteiger partial charge in [0.1, 0.15) is 0 Å². The number of hydrogen-bond donors (Lipinski definition) is 0. The molecular weight excluding hydrogens is 739 g/mol. The van der Waals surface area contributed by atoms with E-state index in [0.29, 0.717) is 0 Å². The van der Waals surface area contributed by atoms with Crippen molar-refractivity contribution in [2.75, 3.05) is 4.90 Å². The smallest absolute Gasteiger partial charge is 0.180 e. The summed E-state index contributed by atoms with van der Waals surface area (Å²) in [4.78, 5) is 2.56. The Bertz CT molecular complexity index is 3030. The number of rotatable bonds is 7. The van der Waals surface area contributed by atoms with Crippen molar-refractivity contribution in [3.63, 3.8) is 0 Å². The van der Waals surface area contributed by atoms with E-state index in [-0.39, 0.29) is 5.41 Å². The molecule has 0 radical (unpaired) electrons. The Kier molecular flexibility index (Phi) is 8.47. The number of anilines is 3. The normalized spacial score (nSPS) is 13.8. The van der Waals surface area contributed by atoms with Gasteiger partial charge in [-0.1, -0.05) is 202 Å². The van der Waals surface area contributed by atoms with Crippen LogP contribution in [0.15, 0.2) is 218 Å². The molecule has 1 nitrogen and oxygen atoms in total. The van der Waals surface area contributed by atoms with E-state index in [0.717, 1.165) is 17.1 Å². The maximum absolute atomic E-state index is 2.79. The van der Waals surface area contributed by atoms with E-state index in [1.54, 1.807) is 0 Å². The molecule has 0 unspecified atom stereocenters. The molecule has 0 fully saturated rings. The first-order chi connectivity index (χ1) is 29.4. The first kappa shape index (κ1) is 36.1. The largest absolute Gasteiger partial charge is 0.310 e. The molecule has 0 N–H and O–H groups in total. The molecule has 1 heterocycles. The molecule has 0 aromatic heterocycles. The minimum Gasteiger partial charge on any atom is -0.310 e. The predicted octanol–water partition coefficient (Wildman–Crippen LogP) is 12.5. The summed E-state index contributed by atoms with van der Waals surface area (Å²) in [6, 6.07) is 82.0. The zero-order chi connectivity index (χ0) is 40.4. The molecular formula is C58H45NSi. The Balaban J connectivity index is 1.22. The molecule has 9 aromatic rings. The van der Waals surface area contributed by atoms with E-state index in [1.165, 1.54) is 81.9 Å². The second-order valence-electron chi connectivity index (χ2n) is 17.0. The van der Waals surface area contributed by atoms with Crippen LogP contribution in [0.25, 0.3) is 44.5 Å². The summed E-state index contributed by atoms with van der Waals surface area (Å²) < 4.78 is 0. The van der Waals surface area contributed by atoms with Crippen molar-refractivity contribution in [1.29, 1.82) is 0 Å². The van der Waals surface area contributed by atoms with Gasteiger partial charge >= 0.3 is 0 Å². The lowest BCUT2D eigenvalue weighted by Crippen LogP contribution is -2.72. The van der Waals surface area contributed by atoms with Gasteiger partial charge in [0.05, 0.1) is 5.69 Å². The highest BCUT2D eigenvalue weighted by Gasteiger charge is 2.49. The van der Waals surface area contributed by atoms with Crippen LogP contribution >= 0.6 is 0 Å². The summed E-state index contributed by atoms with van der Waals surface area (Å²) in [5.41, 5.74) is 17.4. The monoisotopic (exact) mass is 783 g/mol. The zero-order valence-electron chi connectivity index (χ0n) is 34.2. The van der Waals surface area contributed by atoms with Crippen LogP contribution in [0.1, 0.15) is 30.5 Å². The maximum atomic E-state index is 2.56. The SMILES string of the molecule is Cc1cc(N(c2ccc3c(c2)C(C)(C)c2ccccc2-3)c2cc(-c3ccccc3)ccc2-c2ccccc2)cc([Si]2(c3ccccc3)c3ccccc3-c3ccccc32)c1. The van der Waals surface area contributed by atoms with Gasteiger partial charge in [-0.25, -0.2) is 0 Å². The van der Waals surface area contributed by atoms with E-state index >= 15 is 0 Å². The summed E-state index contributed by atoms with van der Waals surface area (Å²) in [5.74, 6) is 0.